The lowest BCUT2D eigenvalue weighted by Gasteiger charge is -2.27. The van der Waals surface area contributed by atoms with E-state index < -0.39 is 0 Å². The maximum atomic E-state index is 4.64. The molecule has 1 aromatic carbocycles. The second kappa shape index (κ2) is 4.01. The predicted octanol–water partition coefficient (Wildman–Crippen LogP) is 2.08. The Morgan fingerprint density at radius 3 is 3.00 bits per heavy atom. The zero-order valence-electron chi connectivity index (χ0n) is 10.6. The Morgan fingerprint density at radius 1 is 1.11 bits per heavy atom. The first-order chi connectivity index (χ1) is 8.93. The van der Waals surface area contributed by atoms with E-state index >= 15 is 0 Å². The van der Waals surface area contributed by atoms with E-state index in [-0.39, 0.29) is 0 Å². The molecule has 1 aromatic rings. The van der Waals surface area contributed by atoms with Crippen LogP contribution in [0.25, 0.3) is 0 Å². The van der Waals surface area contributed by atoms with Gasteiger partial charge in [-0.1, -0.05) is 12.1 Å². The number of aliphatic imine (C=N–C) groups is 1. The molecule has 0 aromatic heterocycles. The summed E-state index contributed by atoms with van der Waals surface area (Å²) < 4.78 is 0. The summed E-state index contributed by atoms with van der Waals surface area (Å²) in [6.07, 6.45) is 4.95. The van der Waals surface area contributed by atoms with E-state index in [0.717, 1.165) is 19.6 Å². The van der Waals surface area contributed by atoms with Gasteiger partial charge in [0.2, 0.25) is 0 Å². The van der Waals surface area contributed by atoms with Crippen LogP contribution in [0.1, 0.15) is 35.4 Å². The molecule has 0 amide bonds. The smallest absolute Gasteiger partial charge is 0.104 e. The fourth-order valence-electron chi connectivity index (χ4n) is 3.63. The largest absolute Gasteiger partial charge is 0.384 e. The van der Waals surface area contributed by atoms with Gasteiger partial charge in [-0.05, 0) is 42.4 Å². The van der Waals surface area contributed by atoms with Gasteiger partial charge in [-0.25, -0.2) is 0 Å². The van der Waals surface area contributed by atoms with Gasteiger partial charge < -0.3 is 10.6 Å². The minimum absolute atomic E-state index is 0.518. The average molecular weight is 241 g/mol. The first-order valence-electron chi connectivity index (χ1n) is 7.10. The van der Waals surface area contributed by atoms with Crippen LogP contribution in [0.2, 0.25) is 0 Å². The van der Waals surface area contributed by atoms with Crippen molar-refractivity contribution in [2.75, 3.05) is 25.0 Å². The number of hydrogen-bond donors (Lipinski definition) is 2. The highest BCUT2D eigenvalue weighted by Crippen LogP contribution is 2.39. The summed E-state index contributed by atoms with van der Waals surface area (Å²) in [5.41, 5.74) is 6.03. The van der Waals surface area contributed by atoms with E-state index in [2.05, 4.69) is 27.8 Å². The summed E-state index contributed by atoms with van der Waals surface area (Å²) in [6, 6.07) is 4.68. The van der Waals surface area contributed by atoms with Gasteiger partial charge in [0.05, 0.1) is 6.54 Å². The van der Waals surface area contributed by atoms with Crippen molar-refractivity contribution in [3.63, 3.8) is 0 Å². The Labute approximate surface area is 108 Å². The van der Waals surface area contributed by atoms with Crippen LogP contribution in [-0.2, 0) is 12.8 Å². The molecule has 3 nitrogen and oxygen atoms in total. The van der Waals surface area contributed by atoms with E-state index in [4.69, 9.17) is 0 Å². The summed E-state index contributed by atoms with van der Waals surface area (Å²) in [4.78, 5) is 4.64. The molecule has 0 spiro atoms. The Morgan fingerprint density at radius 2 is 2.11 bits per heavy atom. The van der Waals surface area contributed by atoms with Gasteiger partial charge in [0.25, 0.3) is 0 Å². The van der Waals surface area contributed by atoms with Crippen LogP contribution < -0.4 is 10.6 Å². The third kappa shape index (κ3) is 1.46. The van der Waals surface area contributed by atoms with Crippen molar-refractivity contribution in [2.24, 2.45) is 4.99 Å². The van der Waals surface area contributed by atoms with E-state index in [0.29, 0.717) is 5.92 Å². The second-order valence-corrected chi connectivity index (χ2v) is 5.48. The lowest BCUT2D eigenvalue weighted by molar-refractivity contribution is 0.642. The molecular weight excluding hydrogens is 222 g/mol. The monoisotopic (exact) mass is 241 g/mol. The van der Waals surface area contributed by atoms with Crippen LogP contribution >= 0.6 is 0 Å². The molecule has 18 heavy (non-hydrogen) atoms. The summed E-state index contributed by atoms with van der Waals surface area (Å²) in [6.45, 7) is 3.07. The molecule has 0 saturated heterocycles. The van der Waals surface area contributed by atoms with Gasteiger partial charge in [0.15, 0.2) is 0 Å². The molecule has 2 aliphatic heterocycles. The molecular formula is C15H19N3. The number of nitrogens with zero attached hydrogens (tertiary/aromatic N) is 1. The van der Waals surface area contributed by atoms with E-state index in [9.17, 15) is 0 Å². The van der Waals surface area contributed by atoms with Crippen LogP contribution in [0.3, 0.4) is 0 Å². The molecule has 1 unspecified atom stereocenters. The maximum absolute atomic E-state index is 4.64. The molecule has 1 atom stereocenters. The molecule has 3 aliphatic rings. The second-order valence-electron chi connectivity index (χ2n) is 5.48. The van der Waals surface area contributed by atoms with Gasteiger partial charge in [-0.15, -0.1) is 0 Å². The minimum atomic E-state index is 0.518. The number of nitrogens with one attached hydrogen (secondary N) is 2. The summed E-state index contributed by atoms with van der Waals surface area (Å²) in [5, 5.41) is 7.04. The Balaban J connectivity index is 1.80. The molecule has 2 N–H and O–H groups in total. The highest BCUT2D eigenvalue weighted by Gasteiger charge is 2.29. The molecule has 0 fully saturated rings. The summed E-state index contributed by atoms with van der Waals surface area (Å²) in [5.74, 6) is 1.75. The standard InChI is InChI=1S/C15H19N3/c1-2-12-11(5-4-10-6-7-16-14(10)12)13(3-1)15-17-8-9-18-15/h4-5,13,16H,1-3,6-9H2,(H,17,18). The lowest BCUT2D eigenvalue weighted by Crippen LogP contribution is -2.28. The van der Waals surface area contributed by atoms with Crippen molar-refractivity contribution in [1.29, 1.82) is 0 Å². The number of hydrogen-bond acceptors (Lipinski definition) is 3. The van der Waals surface area contributed by atoms with Crippen LogP contribution in [0.5, 0.6) is 0 Å². The van der Waals surface area contributed by atoms with Gasteiger partial charge >= 0.3 is 0 Å². The molecule has 4 rings (SSSR count). The van der Waals surface area contributed by atoms with E-state index in [1.807, 2.05) is 0 Å². The lowest BCUT2D eigenvalue weighted by atomic mass is 9.80. The third-order valence-corrected chi connectivity index (χ3v) is 4.46. The zero-order valence-corrected chi connectivity index (χ0v) is 10.6. The van der Waals surface area contributed by atoms with E-state index in [1.54, 1.807) is 5.56 Å². The number of benzene rings is 1. The van der Waals surface area contributed by atoms with Crippen LogP contribution in [0, 0.1) is 0 Å². The number of fused-ring (bicyclic) bond motifs is 3. The van der Waals surface area contributed by atoms with Crippen LogP contribution in [0.4, 0.5) is 5.69 Å². The van der Waals surface area contributed by atoms with Crippen LogP contribution in [0.15, 0.2) is 17.1 Å². The Bertz CT molecular complexity index is 519. The molecule has 94 valence electrons. The summed E-state index contributed by atoms with van der Waals surface area (Å²) in [7, 11) is 0. The van der Waals surface area contributed by atoms with Gasteiger partial charge in [-0.3, -0.25) is 4.99 Å². The molecule has 0 saturated carbocycles. The number of anilines is 1. The molecule has 2 heterocycles. The van der Waals surface area contributed by atoms with Crippen molar-refractivity contribution in [3.8, 4) is 0 Å². The topological polar surface area (TPSA) is 36.4 Å². The third-order valence-electron chi connectivity index (χ3n) is 4.46. The first-order valence-corrected chi connectivity index (χ1v) is 7.10. The fraction of sp³-hybridized carbons (Fsp3) is 0.533. The quantitative estimate of drug-likeness (QED) is 0.789. The van der Waals surface area contributed by atoms with Gasteiger partial charge in [0.1, 0.15) is 5.84 Å². The highest BCUT2D eigenvalue weighted by molar-refractivity contribution is 5.91. The minimum Gasteiger partial charge on any atom is -0.384 e. The SMILES string of the molecule is c1cc2c(c3c1CCN3)CCCC2C1=NCCN1. The Hall–Kier alpha value is -1.51. The van der Waals surface area contributed by atoms with Crippen molar-refractivity contribution in [1.82, 2.24) is 5.32 Å². The van der Waals surface area contributed by atoms with Crippen molar-refractivity contribution >= 4 is 11.5 Å². The fourth-order valence-corrected chi connectivity index (χ4v) is 3.63. The van der Waals surface area contributed by atoms with Crippen molar-refractivity contribution in [2.45, 2.75) is 31.6 Å². The van der Waals surface area contributed by atoms with Crippen LogP contribution in [-0.4, -0.2) is 25.5 Å². The predicted molar refractivity (Wildman–Crippen MR) is 74.6 cm³/mol. The van der Waals surface area contributed by atoms with Crippen molar-refractivity contribution in [3.05, 3.63) is 28.8 Å². The first kappa shape index (κ1) is 10.4. The number of amidine groups is 1. The Kier molecular flexibility index (Phi) is 2.32. The van der Waals surface area contributed by atoms with Gasteiger partial charge in [0, 0.05) is 24.7 Å². The van der Waals surface area contributed by atoms with Crippen molar-refractivity contribution < 1.29 is 0 Å². The van der Waals surface area contributed by atoms with E-state index in [1.165, 1.54) is 48.3 Å². The van der Waals surface area contributed by atoms with Gasteiger partial charge in [-0.2, -0.15) is 0 Å². The molecule has 1 aliphatic carbocycles. The maximum Gasteiger partial charge on any atom is 0.104 e. The average Bonchev–Trinajstić information content (AvgIpc) is 3.09. The normalized spacial score (nSPS) is 24.9. The number of rotatable bonds is 1. The summed E-state index contributed by atoms with van der Waals surface area (Å²) >= 11 is 0. The highest BCUT2D eigenvalue weighted by atomic mass is 15.1. The molecule has 0 radical (unpaired) electrons. The molecule has 3 heteroatoms. The molecule has 0 bridgehead atoms. The zero-order chi connectivity index (χ0) is 11.9.